The molecule has 32 heavy (non-hydrogen) atoms. The quantitative estimate of drug-likeness (QED) is 0.243. The van der Waals surface area contributed by atoms with Crippen LogP contribution >= 0.6 is 0 Å². The van der Waals surface area contributed by atoms with Gasteiger partial charge in [-0.15, -0.1) is 0 Å². The van der Waals surface area contributed by atoms with Crippen LogP contribution in [0.25, 0.3) is 0 Å². The molecule has 1 aliphatic rings. The number of ether oxygens (including phenoxy) is 1. The Morgan fingerprint density at radius 3 is 2.50 bits per heavy atom. The van der Waals surface area contributed by atoms with Gasteiger partial charge in [0.2, 0.25) is 0 Å². The van der Waals surface area contributed by atoms with Crippen molar-refractivity contribution in [3.05, 3.63) is 35.1 Å². The second kappa shape index (κ2) is 15.3. The Balaban J connectivity index is 2.33. The highest BCUT2D eigenvalue weighted by molar-refractivity contribution is 5.69. The highest BCUT2D eigenvalue weighted by Gasteiger charge is 2.25. The van der Waals surface area contributed by atoms with E-state index in [1.54, 1.807) is 6.92 Å². The first-order valence-corrected chi connectivity index (χ1v) is 12.8. The summed E-state index contributed by atoms with van der Waals surface area (Å²) in [5, 5.41) is 18.8. The van der Waals surface area contributed by atoms with Crippen LogP contribution in [-0.4, -0.2) is 28.9 Å². The van der Waals surface area contributed by atoms with E-state index in [-0.39, 0.29) is 18.6 Å². The lowest BCUT2D eigenvalue weighted by Crippen LogP contribution is -2.24. The number of allylic oxidation sites excluding steroid dienone is 6. The average Bonchev–Trinajstić information content (AvgIpc) is 2.75. The van der Waals surface area contributed by atoms with Crippen molar-refractivity contribution in [2.75, 3.05) is 6.61 Å². The lowest BCUT2D eigenvalue weighted by Gasteiger charge is -2.30. The first-order chi connectivity index (χ1) is 15.2. The Kier molecular flexibility index (Phi) is 13.6. The maximum absolute atomic E-state index is 10.9. The molecule has 0 aromatic heterocycles. The van der Waals surface area contributed by atoms with E-state index in [4.69, 9.17) is 9.84 Å². The van der Waals surface area contributed by atoms with Crippen LogP contribution in [-0.2, 0) is 9.53 Å². The van der Waals surface area contributed by atoms with Gasteiger partial charge in [-0.2, -0.15) is 0 Å². The van der Waals surface area contributed by atoms with Gasteiger partial charge in [-0.05, 0) is 75.7 Å². The lowest BCUT2D eigenvalue weighted by atomic mass is 9.85. The number of aliphatic hydroxyl groups excluding tert-OH is 1. The molecule has 0 amide bonds. The molecule has 1 aliphatic carbocycles. The van der Waals surface area contributed by atoms with Crippen LogP contribution in [0.4, 0.5) is 0 Å². The number of rotatable bonds is 16. The Morgan fingerprint density at radius 1 is 1.16 bits per heavy atom. The van der Waals surface area contributed by atoms with Crippen LogP contribution in [0.3, 0.4) is 0 Å². The number of hydrogen-bond acceptors (Lipinski definition) is 3. The molecule has 0 aromatic carbocycles. The fourth-order valence-electron chi connectivity index (χ4n) is 4.26. The van der Waals surface area contributed by atoms with E-state index >= 15 is 0 Å². The first-order valence-electron chi connectivity index (χ1n) is 12.8. The van der Waals surface area contributed by atoms with E-state index in [1.807, 2.05) is 0 Å². The molecule has 0 aromatic rings. The fourth-order valence-corrected chi connectivity index (χ4v) is 4.26. The molecule has 5 unspecified atom stereocenters. The predicted molar refractivity (Wildman–Crippen MR) is 133 cm³/mol. The van der Waals surface area contributed by atoms with E-state index in [1.165, 1.54) is 11.1 Å². The number of hydrogen-bond donors (Lipinski definition) is 2. The smallest absolute Gasteiger partial charge is 0.306 e. The molecule has 0 spiro atoms. The van der Waals surface area contributed by atoms with Crippen LogP contribution in [0.15, 0.2) is 35.1 Å². The maximum Gasteiger partial charge on any atom is 0.306 e. The summed E-state index contributed by atoms with van der Waals surface area (Å²) in [5.41, 5.74) is 2.63. The van der Waals surface area contributed by atoms with Crippen LogP contribution in [0.1, 0.15) is 99.3 Å². The van der Waals surface area contributed by atoms with Crippen LogP contribution in [0, 0.1) is 23.7 Å². The molecule has 0 radical (unpaired) electrons. The van der Waals surface area contributed by atoms with Gasteiger partial charge in [0.15, 0.2) is 0 Å². The fraction of sp³-hybridized carbons (Fsp3) is 0.750. The third-order valence-corrected chi connectivity index (χ3v) is 7.00. The van der Waals surface area contributed by atoms with E-state index in [0.29, 0.717) is 17.8 Å². The molecule has 5 atom stereocenters. The van der Waals surface area contributed by atoms with E-state index < -0.39 is 5.97 Å². The molecule has 1 rings (SSSR count). The van der Waals surface area contributed by atoms with Crippen molar-refractivity contribution in [1.29, 1.82) is 0 Å². The molecule has 4 heteroatoms. The minimum Gasteiger partial charge on any atom is -0.492 e. The summed E-state index contributed by atoms with van der Waals surface area (Å²) in [4.78, 5) is 10.9. The van der Waals surface area contributed by atoms with Crippen molar-refractivity contribution in [2.24, 2.45) is 23.7 Å². The number of aliphatic carboxylic acids is 1. The SMILES string of the molecule is CCC1=C(OC(CO)CCCC(C)CCC=C(C)CCCC(C)C(=O)O)C(C)C(C)C=C1. The molecule has 0 saturated carbocycles. The van der Waals surface area contributed by atoms with Gasteiger partial charge in [0.05, 0.1) is 12.5 Å². The number of carboxylic acids is 1. The molecule has 0 saturated heterocycles. The Morgan fingerprint density at radius 2 is 1.88 bits per heavy atom. The summed E-state index contributed by atoms with van der Waals surface area (Å²) in [6, 6.07) is 0. The summed E-state index contributed by atoms with van der Waals surface area (Å²) in [5.74, 6) is 1.61. The first kappa shape index (κ1) is 28.5. The van der Waals surface area contributed by atoms with Gasteiger partial charge in [-0.25, -0.2) is 0 Å². The van der Waals surface area contributed by atoms with Gasteiger partial charge in [-0.1, -0.05) is 64.8 Å². The van der Waals surface area contributed by atoms with Gasteiger partial charge in [0.25, 0.3) is 0 Å². The molecule has 0 bridgehead atoms. The summed E-state index contributed by atoms with van der Waals surface area (Å²) in [6.07, 6.45) is 15.6. The molecular weight excluding hydrogens is 400 g/mol. The van der Waals surface area contributed by atoms with Crippen molar-refractivity contribution < 1.29 is 19.7 Å². The Hall–Kier alpha value is -1.55. The van der Waals surface area contributed by atoms with Gasteiger partial charge in [0.1, 0.15) is 11.9 Å². The van der Waals surface area contributed by atoms with E-state index in [0.717, 1.165) is 63.5 Å². The number of aliphatic hydroxyl groups is 1. The monoisotopic (exact) mass is 448 g/mol. The second-order valence-corrected chi connectivity index (χ2v) is 9.97. The largest absolute Gasteiger partial charge is 0.492 e. The average molecular weight is 449 g/mol. The van der Waals surface area contributed by atoms with E-state index in [9.17, 15) is 9.90 Å². The van der Waals surface area contributed by atoms with E-state index in [2.05, 4.69) is 52.8 Å². The maximum atomic E-state index is 10.9. The normalized spacial score (nSPS) is 22.0. The summed E-state index contributed by atoms with van der Waals surface area (Å²) >= 11 is 0. The predicted octanol–water partition coefficient (Wildman–Crippen LogP) is 7.29. The zero-order valence-corrected chi connectivity index (χ0v) is 21.4. The standard InChI is InChI=1S/C28H48O4/c1-7-25-18-17-22(4)24(6)27(25)32-26(19-29)16-10-14-21(3)12-8-11-20(2)13-9-15-23(5)28(30)31/h11,17-18,21-24,26,29H,7-10,12-16,19H2,1-6H3,(H,30,31). The third kappa shape index (κ3) is 10.4. The van der Waals surface area contributed by atoms with Gasteiger partial charge >= 0.3 is 5.97 Å². The number of carbonyl (C=O) groups is 1. The lowest BCUT2D eigenvalue weighted by molar-refractivity contribution is -0.141. The summed E-state index contributed by atoms with van der Waals surface area (Å²) in [6.45, 7) is 12.9. The van der Waals surface area contributed by atoms with Crippen molar-refractivity contribution >= 4 is 5.97 Å². The van der Waals surface area contributed by atoms with Crippen LogP contribution in [0.5, 0.6) is 0 Å². The molecule has 0 fully saturated rings. The zero-order chi connectivity index (χ0) is 24.1. The molecule has 0 heterocycles. The molecule has 2 N–H and O–H groups in total. The van der Waals surface area contributed by atoms with Crippen LogP contribution < -0.4 is 0 Å². The van der Waals surface area contributed by atoms with Gasteiger partial charge in [-0.3, -0.25) is 4.79 Å². The van der Waals surface area contributed by atoms with Crippen molar-refractivity contribution in [2.45, 2.75) is 105 Å². The molecular formula is C28H48O4. The molecule has 0 aliphatic heterocycles. The molecule has 184 valence electrons. The Labute approximate surface area is 196 Å². The summed E-state index contributed by atoms with van der Waals surface area (Å²) < 4.78 is 6.32. The van der Waals surface area contributed by atoms with Crippen LogP contribution in [0.2, 0.25) is 0 Å². The Bertz CT molecular complexity index is 646. The zero-order valence-electron chi connectivity index (χ0n) is 21.4. The second-order valence-electron chi connectivity index (χ2n) is 9.97. The van der Waals surface area contributed by atoms with Crippen molar-refractivity contribution in [3.63, 3.8) is 0 Å². The van der Waals surface area contributed by atoms with Gasteiger partial charge < -0.3 is 14.9 Å². The van der Waals surface area contributed by atoms with Gasteiger partial charge in [0, 0.05) is 5.92 Å². The van der Waals surface area contributed by atoms with Crippen molar-refractivity contribution in [3.8, 4) is 0 Å². The summed E-state index contributed by atoms with van der Waals surface area (Å²) in [7, 11) is 0. The molecule has 4 nitrogen and oxygen atoms in total. The van der Waals surface area contributed by atoms with Crippen molar-refractivity contribution in [1.82, 2.24) is 0 Å². The highest BCUT2D eigenvalue weighted by Crippen LogP contribution is 2.33. The highest BCUT2D eigenvalue weighted by atomic mass is 16.5. The third-order valence-electron chi connectivity index (χ3n) is 7.00. The minimum absolute atomic E-state index is 0.0715. The number of carboxylic acid groups (broad SMARTS) is 1. The topological polar surface area (TPSA) is 66.8 Å². The minimum atomic E-state index is -0.698.